The molecule has 0 aliphatic heterocycles. The Hall–Kier alpha value is -2.24. The second-order valence-corrected chi connectivity index (χ2v) is 5.17. The van der Waals surface area contributed by atoms with Gasteiger partial charge in [-0.2, -0.15) is 0 Å². The number of hydrogen-bond acceptors (Lipinski definition) is 4. The lowest BCUT2D eigenvalue weighted by molar-refractivity contribution is -0.130. The van der Waals surface area contributed by atoms with Gasteiger partial charge < -0.3 is 14.4 Å². The predicted molar refractivity (Wildman–Crippen MR) is 85.2 cm³/mol. The second-order valence-electron chi connectivity index (χ2n) is 5.17. The molecule has 22 heavy (non-hydrogen) atoms. The van der Waals surface area contributed by atoms with Crippen LogP contribution in [-0.4, -0.2) is 44.2 Å². The zero-order chi connectivity index (χ0) is 16.5. The Morgan fingerprint density at radius 3 is 2.59 bits per heavy atom. The molecule has 1 aromatic rings. The minimum Gasteiger partial charge on any atom is -0.484 e. The van der Waals surface area contributed by atoms with Crippen LogP contribution in [0.1, 0.15) is 25.3 Å². The quantitative estimate of drug-likeness (QED) is 0.787. The van der Waals surface area contributed by atoms with Gasteiger partial charge in [0.1, 0.15) is 5.75 Å². The molecule has 0 saturated carbocycles. The van der Waals surface area contributed by atoms with E-state index in [1.165, 1.54) is 4.90 Å². The van der Waals surface area contributed by atoms with Gasteiger partial charge in [-0.05, 0) is 37.1 Å². The van der Waals surface area contributed by atoms with Gasteiger partial charge in [0.2, 0.25) is 0 Å². The summed E-state index contributed by atoms with van der Waals surface area (Å²) in [6, 6.07) is 5.20. The number of likely N-dealkylation sites (N-methyl/N-ethyl adjacent to an activating group) is 1. The maximum Gasteiger partial charge on any atom is 0.411 e. The summed E-state index contributed by atoms with van der Waals surface area (Å²) in [5, 5.41) is 2.69. The third-order valence-electron chi connectivity index (χ3n) is 3.03. The van der Waals surface area contributed by atoms with Gasteiger partial charge in [0.05, 0.1) is 6.61 Å². The molecule has 0 aliphatic rings. The van der Waals surface area contributed by atoms with Crippen molar-refractivity contribution in [2.24, 2.45) is 0 Å². The minimum absolute atomic E-state index is 0.0156. The van der Waals surface area contributed by atoms with E-state index in [0.29, 0.717) is 18.0 Å². The van der Waals surface area contributed by atoms with Gasteiger partial charge in [-0.3, -0.25) is 10.1 Å². The van der Waals surface area contributed by atoms with Gasteiger partial charge in [-0.15, -0.1) is 0 Å². The summed E-state index contributed by atoms with van der Waals surface area (Å²) in [5.41, 5.74) is 1.50. The number of anilines is 1. The van der Waals surface area contributed by atoms with E-state index in [9.17, 15) is 9.59 Å². The Morgan fingerprint density at radius 2 is 2.00 bits per heavy atom. The third-order valence-corrected chi connectivity index (χ3v) is 3.03. The lowest BCUT2D eigenvalue weighted by Crippen LogP contribution is -2.27. The first-order valence-electron chi connectivity index (χ1n) is 7.31. The van der Waals surface area contributed by atoms with Crippen molar-refractivity contribution in [1.29, 1.82) is 0 Å². The average Bonchev–Trinajstić information content (AvgIpc) is 2.47. The molecule has 0 atom stereocenters. The third kappa shape index (κ3) is 6.03. The molecule has 1 N–H and O–H groups in total. The van der Waals surface area contributed by atoms with Crippen molar-refractivity contribution in [1.82, 2.24) is 4.90 Å². The van der Waals surface area contributed by atoms with Crippen LogP contribution in [0.15, 0.2) is 18.2 Å². The number of ether oxygens (including phenoxy) is 2. The molecule has 0 aromatic heterocycles. The molecule has 6 heteroatoms. The molecule has 6 nitrogen and oxygen atoms in total. The summed E-state index contributed by atoms with van der Waals surface area (Å²) in [4.78, 5) is 24.5. The molecule has 0 fully saturated rings. The Kier molecular flexibility index (Phi) is 7.22. The van der Waals surface area contributed by atoms with Crippen molar-refractivity contribution in [2.75, 3.05) is 32.6 Å². The van der Waals surface area contributed by atoms with Crippen LogP contribution in [-0.2, 0) is 9.53 Å². The Bertz CT molecular complexity index is 515. The van der Waals surface area contributed by atoms with E-state index in [2.05, 4.69) is 5.32 Å². The second kappa shape index (κ2) is 8.92. The summed E-state index contributed by atoms with van der Waals surface area (Å²) in [6.07, 6.45) is 1.36. The highest BCUT2D eigenvalue weighted by Crippen LogP contribution is 2.21. The fourth-order valence-corrected chi connectivity index (χ4v) is 1.60. The number of benzene rings is 1. The van der Waals surface area contributed by atoms with Crippen LogP contribution in [0.3, 0.4) is 0 Å². The fourth-order valence-electron chi connectivity index (χ4n) is 1.60. The summed E-state index contributed by atoms with van der Waals surface area (Å²) >= 11 is 0. The summed E-state index contributed by atoms with van der Waals surface area (Å²) < 4.78 is 10.5. The standard InChI is InChI=1S/C16H24N2O4/c1-5-6-9-21-16(20)17-14-8-7-13(10-12(14)2)22-11-15(19)18(3)4/h7-8,10H,5-6,9,11H2,1-4H3,(H,17,20). The van der Waals surface area contributed by atoms with Crippen molar-refractivity contribution in [3.8, 4) is 5.75 Å². The summed E-state index contributed by atoms with van der Waals surface area (Å²) in [6.45, 7) is 4.28. The van der Waals surface area contributed by atoms with Gasteiger partial charge in [0, 0.05) is 19.8 Å². The topological polar surface area (TPSA) is 67.9 Å². The number of amides is 2. The molecule has 1 rings (SSSR count). The first kappa shape index (κ1) is 17.8. The molecule has 122 valence electrons. The van der Waals surface area contributed by atoms with Crippen LogP contribution in [0.4, 0.5) is 10.5 Å². The number of nitrogens with zero attached hydrogens (tertiary/aromatic N) is 1. The molecule has 0 unspecified atom stereocenters. The summed E-state index contributed by atoms with van der Waals surface area (Å²) in [7, 11) is 3.35. The van der Waals surface area contributed by atoms with Crippen molar-refractivity contribution in [3.63, 3.8) is 0 Å². The van der Waals surface area contributed by atoms with Crippen LogP contribution >= 0.6 is 0 Å². The van der Waals surface area contributed by atoms with E-state index in [-0.39, 0.29) is 12.5 Å². The number of hydrogen-bond donors (Lipinski definition) is 1. The van der Waals surface area contributed by atoms with Crippen LogP contribution in [0.25, 0.3) is 0 Å². The number of unbranched alkanes of at least 4 members (excludes halogenated alkanes) is 1. The molecule has 1 aromatic carbocycles. The highest BCUT2D eigenvalue weighted by Gasteiger charge is 2.08. The average molecular weight is 308 g/mol. The van der Waals surface area contributed by atoms with Crippen molar-refractivity contribution >= 4 is 17.7 Å². The van der Waals surface area contributed by atoms with Gasteiger partial charge in [-0.25, -0.2) is 4.79 Å². The molecule has 0 heterocycles. The van der Waals surface area contributed by atoms with E-state index < -0.39 is 6.09 Å². The van der Waals surface area contributed by atoms with Crippen LogP contribution in [0.2, 0.25) is 0 Å². The monoisotopic (exact) mass is 308 g/mol. The maximum absolute atomic E-state index is 11.6. The van der Waals surface area contributed by atoms with Crippen LogP contribution in [0.5, 0.6) is 5.75 Å². The molecule has 0 radical (unpaired) electrons. The fraction of sp³-hybridized carbons (Fsp3) is 0.500. The number of carbonyl (C=O) groups is 2. The van der Waals surface area contributed by atoms with E-state index in [1.807, 2.05) is 13.8 Å². The molecule has 2 amide bonds. The number of rotatable bonds is 7. The molecule has 0 spiro atoms. The van der Waals surface area contributed by atoms with Gasteiger partial charge in [0.25, 0.3) is 5.91 Å². The number of carbonyl (C=O) groups excluding carboxylic acids is 2. The molecular weight excluding hydrogens is 284 g/mol. The first-order chi connectivity index (χ1) is 10.4. The SMILES string of the molecule is CCCCOC(=O)Nc1ccc(OCC(=O)N(C)C)cc1C. The smallest absolute Gasteiger partial charge is 0.411 e. The van der Waals surface area contributed by atoms with Gasteiger partial charge in [-0.1, -0.05) is 13.3 Å². The molecular formula is C16H24N2O4. The van der Waals surface area contributed by atoms with Crippen molar-refractivity contribution in [3.05, 3.63) is 23.8 Å². The van der Waals surface area contributed by atoms with E-state index in [1.54, 1.807) is 32.3 Å². The van der Waals surface area contributed by atoms with E-state index in [4.69, 9.17) is 9.47 Å². The summed E-state index contributed by atoms with van der Waals surface area (Å²) in [5.74, 6) is 0.469. The maximum atomic E-state index is 11.6. The normalized spacial score (nSPS) is 10.0. The predicted octanol–water partition coefficient (Wildman–Crippen LogP) is 2.81. The largest absolute Gasteiger partial charge is 0.484 e. The Balaban J connectivity index is 2.54. The van der Waals surface area contributed by atoms with Crippen molar-refractivity contribution in [2.45, 2.75) is 26.7 Å². The highest BCUT2D eigenvalue weighted by atomic mass is 16.5. The lowest BCUT2D eigenvalue weighted by atomic mass is 10.2. The Labute approximate surface area is 131 Å². The van der Waals surface area contributed by atoms with E-state index in [0.717, 1.165) is 18.4 Å². The molecule has 0 saturated heterocycles. The number of aryl methyl sites for hydroxylation is 1. The Morgan fingerprint density at radius 1 is 1.27 bits per heavy atom. The van der Waals surface area contributed by atoms with Gasteiger partial charge >= 0.3 is 6.09 Å². The van der Waals surface area contributed by atoms with Crippen LogP contribution in [0, 0.1) is 6.92 Å². The zero-order valence-electron chi connectivity index (χ0n) is 13.6. The first-order valence-corrected chi connectivity index (χ1v) is 7.31. The number of nitrogens with one attached hydrogen (secondary N) is 1. The molecule has 0 aliphatic carbocycles. The highest BCUT2D eigenvalue weighted by molar-refractivity contribution is 5.85. The van der Waals surface area contributed by atoms with Crippen LogP contribution < -0.4 is 10.1 Å². The van der Waals surface area contributed by atoms with E-state index >= 15 is 0 Å². The lowest BCUT2D eigenvalue weighted by Gasteiger charge is -2.13. The van der Waals surface area contributed by atoms with Gasteiger partial charge in [0.15, 0.2) is 6.61 Å². The minimum atomic E-state index is -0.465. The van der Waals surface area contributed by atoms with Crippen molar-refractivity contribution < 1.29 is 19.1 Å². The zero-order valence-corrected chi connectivity index (χ0v) is 13.6. The molecule has 0 bridgehead atoms.